The third-order valence-corrected chi connectivity index (χ3v) is 4.82. The minimum Gasteiger partial charge on any atom is -0.497 e. The first-order valence-electron chi connectivity index (χ1n) is 8.10. The molecule has 1 aromatic heterocycles. The molecule has 3 aromatic rings. The Morgan fingerprint density at radius 3 is 2.75 bits per heavy atom. The van der Waals surface area contributed by atoms with E-state index in [0.717, 1.165) is 0 Å². The highest BCUT2D eigenvalue weighted by molar-refractivity contribution is 7.11. The molecule has 1 heterocycles. The van der Waals surface area contributed by atoms with Crippen molar-refractivity contribution >= 4 is 28.7 Å². The first-order chi connectivity index (χ1) is 13.5. The molecule has 8 heteroatoms. The lowest BCUT2D eigenvalue weighted by atomic mass is 10.1. The highest BCUT2D eigenvalue weighted by Gasteiger charge is 2.13. The average Bonchev–Trinajstić information content (AvgIpc) is 3.22. The molecule has 0 aliphatic heterocycles. The molecule has 0 aliphatic rings. The van der Waals surface area contributed by atoms with Crippen LogP contribution in [0, 0.1) is 21.4 Å². The molecule has 2 aromatic carbocycles. The summed E-state index contributed by atoms with van der Waals surface area (Å²) in [5, 5.41) is 22.8. The minimum absolute atomic E-state index is 0.00827. The summed E-state index contributed by atoms with van der Waals surface area (Å²) in [7, 11) is 3.11. The number of ether oxygens (including phenoxy) is 2. The number of allylic oxidation sites excluding steroid dienone is 1. The molecule has 0 aliphatic carbocycles. The SMILES string of the molecule is COc1ccc(/C=C(/C#N)c2nc(-c3cccc([N+](=O)[O-])c3)cs2)c(OC)c1. The maximum atomic E-state index is 11.0. The number of rotatable bonds is 6. The van der Waals surface area contributed by atoms with Crippen molar-refractivity contribution in [3.8, 4) is 28.8 Å². The van der Waals surface area contributed by atoms with E-state index in [0.29, 0.717) is 38.9 Å². The Labute approximate surface area is 165 Å². The van der Waals surface area contributed by atoms with Gasteiger partial charge in [0.2, 0.25) is 0 Å². The normalized spacial score (nSPS) is 11.0. The van der Waals surface area contributed by atoms with Gasteiger partial charge in [-0.3, -0.25) is 10.1 Å². The molecular formula is C20H15N3O4S. The van der Waals surface area contributed by atoms with Crippen molar-refractivity contribution in [2.24, 2.45) is 0 Å². The zero-order chi connectivity index (χ0) is 20.1. The van der Waals surface area contributed by atoms with Gasteiger partial charge in [0.25, 0.3) is 5.69 Å². The quantitative estimate of drug-likeness (QED) is 0.339. The van der Waals surface area contributed by atoms with Crippen LogP contribution in [-0.2, 0) is 0 Å². The zero-order valence-corrected chi connectivity index (χ0v) is 15.9. The molecule has 0 saturated heterocycles. The van der Waals surface area contributed by atoms with E-state index in [1.807, 2.05) is 0 Å². The fourth-order valence-corrected chi connectivity index (χ4v) is 3.34. The average molecular weight is 393 g/mol. The first kappa shape index (κ1) is 19.1. The lowest BCUT2D eigenvalue weighted by molar-refractivity contribution is -0.384. The summed E-state index contributed by atoms with van der Waals surface area (Å²) in [5.74, 6) is 1.22. The van der Waals surface area contributed by atoms with Gasteiger partial charge in [0.1, 0.15) is 22.6 Å². The third-order valence-electron chi connectivity index (χ3n) is 3.95. The third kappa shape index (κ3) is 4.00. The van der Waals surface area contributed by atoms with Gasteiger partial charge in [-0.05, 0) is 18.2 Å². The Morgan fingerprint density at radius 1 is 1.25 bits per heavy atom. The van der Waals surface area contributed by atoms with Crippen molar-refractivity contribution in [1.29, 1.82) is 5.26 Å². The van der Waals surface area contributed by atoms with Crippen LogP contribution in [0.4, 0.5) is 5.69 Å². The van der Waals surface area contributed by atoms with Crippen molar-refractivity contribution in [2.45, 2.75) is 0 Å². The second-order valence-electron chi connectivity index (χ2n) is 5.62. The number of nitrogens with zero attached hydrogens (tertiary/aromatic N) is 3. The van der Waals surface area contributed by atoms with Crippen molar-refractivity contribution in [3.63, 3.8) is 0 Å². The standard InChI is InChI=1S/C20H15N3O4S/c1-26-17-7-6-14(19(10-17)27-2)8-15(11-21)20-22-18(12-28-20)13-4-3-5-16(9-13)23(24)25/h3-10,12H,1-2H3/b15-8-. The summed E-state index contributed by atoms with van der Waals surface area (Å²) < 4.78 is 10.5. The van der Waals surface area contributed by atoms with Crippen LogP contribution in [-0.4, -0.2) is 24.1 Å². The molecule has 0 saturated carbocycles. The smallest absolute Gasteiger partial charge is 0.270 e. The number of hydrogen-bond donors (Lipinski definition) is 0. The van der Waals surface area contributed by atoms with Crippen molar-refractivity contribution in [1.82, 2.24) is 4.98 Å². The number of non-ortho nitro benzene ring substituents is 1. The highest BCUT2D eigenvalue weighted by Crippen LogP contribution is 2.31. The second-order valence-corrected chi connectivity index (χ2v) is 6.48. The fourth-order valence-electron chi connectivity index (χ4n) is 2.54. The van der Waals surface area contributed by atoms with Crippen molar-refractivity contribution in [2.75, 3.05) is 14.2 Å². The summed E-state index contributed by atoms with van der Waals surface area (Å²) in [4.78, 5) is 15.0. The zero-order valence-electron chi connectivity index (χ0n) is 15.1. The van der Waals surface area contributed by atoms with E-state index < -0.39 is 4.92 Å². The van der Waals surface area contributed by atoms with Crippen LogP contribution in [0.2, 0.25) is 0 Å². The Bertz CT molecular complexity index is 1100. The van der Waals surface area contributed by atoms with E-state index in [4.69, 9.17) is 9.47 Å². The molecule has 0 fully saturated rings. The maximum Gasteiger partial charge on any atom is 0.270 e. The molecule has 3 rings (SSSR count). The van der Waals surface area contributed by atoms with Gasteiger partial charge in [-0.2, -0.15) is 5.26 Å². The molecule has 7 nitrogen and oxygen atoms in total. The summed E-state index contributed by atoms with van der Waals surface area (Å²) in [6.07, 6.45) is 1.69. The van der Waals surface area contributed by atoms with Crippen molar-refractivity contribution in [3.05, 3.63) is 68.5 Å². The number of nitriles is 1. The predicted molar refractivity (Wildman–Crippen MR) is 107 cm³/mol. The van der Waals surface area contributed by atoms with Crippen LogP contribution in [0.15, 0.2) is 47.8 Å². The number of thiazole rings is 1. The number of benzene rings is 2. The van der Waals surface area contributed by atoms with Gasteiger partial charge < -0.3 is 9.47 Å². The van der Waals surface area contributed by atoms with Gasteiger partial charge in [0.05, 0.1) is 30.4 Å². The Morgan fingerprint density at radius 2 is 2.07 bits per heavy atom. The van der Waals surface area contributed by atoms with Crippen LogP contribution >= 0.6 is 11.3 Å². The summed E-state index contributed by atoms with van der Waals surface area (Å²) >= 11 is 1.29. The molecule has 0 N–H and O–H groups in total. The van der Waals surface area contributed by atoms with E-state index in [1.54, 1.807) is 56.0 Å². The van der Waals surface area contributed by atoms with Gasteiger partial charge >= 0.3 is 0 Å². The summed E-state index contributed by atoms with van der Waals surface area (Å²) in [5.41, 5.74) is 2.27. The topological polar surface area (TPSA) is 98.3 Å². The largest absolute Gasteiger partial charge is 0.497 e. The van der Waals surface area contributed by atoms with Crippen LogP contribution < -0.4 is 9.47 Å². The number of nitro groups is 1. The van der Waals surface area contributed by atoms with E-state index in [-0.39, 0.29) is 5.69 Å². The number of nitro benzene ring substituents is 1. The van der Waals surface area contributed by atoms with Crippen molar-refractivity contribution < 1.29 is 14.4 Å². The summed E-state index contributed by atoms with van der Waals surface area (Å²) in [6.45, 7) is 0. The molecular weight excluding hydrogens is 378 g/mol. The number of aromatic nitrogens is 1. The minimum atomic E-state index is -0.451. The van der Waals surface area contributed by atoms with Crippen LogP contribution in [0.1, 0.15) is 10.6 Å². The van der Waals surface area contributed by atoms with E-state index in [9.17, 15) is 15.4 Å². The molecule has 0 amide bonds. The van der Waals surface area contributed by atoms with Crippen LogP contribution in [0.5, 0.6) is 11.5 Å². The van der Waals surface area contributed by atoms with E-state index >= 15 is 0 Å². The maximum absolute atomic E-state index is 11.0. The lowest BCUT2D eigenvalue weighted by Gasteiger charge is -2.07. The molecule has 0 spiro atoms. The van der Waals surface area contributed by atoms with Gasteiger partial charge in [-0.1, -0.05) is 12.1 Å². The molecule has 0 atom stereocenters. The number of methoxy groups -OCH3 is 2. The fraction of sp³-hybridized carbons (Fsp3) is 0.100. The first-order valence-corrected chi connectivity index (χ1v) is 8.98. The van der Waals surface area contributed by atoms with E-state index in [1.165, 1.54) is 23.5 Å². The second kappa shape index (κ2) is 8.33. The molecule has 140 valence electrons. The Hall–Kier alpha value is -3.70. The van der Waals surface area contributed by atoms with Gasteiger partial charge in [-0.25, -0.2) is 4.98 Å². The van der Waals surface area contributed by atoms with Gasteiger partial charge in [-0.15, -0.1) is 11.3 Å². The van der Waals surface area contributed by atoms with Crippen LogP contribution in [0.3, 0.4) is 0 Å². The Kier molecular flexibility index (Phi) is 5.67. The van der Waals surface area contributed by atoms with Crippen LogP contribution in [0.25, 0.3) is 22.9 Å². The molecule has 0 radical (unpaired) electrons. The number of hydrogen-bond acceptors (Lipinski definition) is 7. The monoisotopic (exact) mass is 393 g/mol. The van der Waals surface area contributed by atoms with E-state index in [2.05, 4.69) is 11.1 Å². The Balaban J connectivity index is 1.97. The highest BCUT2D eigenvalue weighted by atomic mass is 32.1. The predicted octanol–water partition coefficient (Wildman–Crippen LogP) is 4.80. The lowest BCUT2D eigenvalue weighted by Crippen LogP contribution is -1.91. The summed E-state index contributed by atoms with van der Waals surface area (Å²) in [6, 6.07) is 13.7. The van der Waals surface area contributed by atoms with Gasteiger partial charge in [0.15, 0.2) is 0 Å². The molecule has 0 bridgehead atoms. The molecule has 28 heavy (non-hydrogen) atoms. The molecule has 0 unspecified atom stereocenters. The van der Waals surface area contributed by atoms with Gasteiger partial charge in [0, 0.05) is 34.7 Å².